The van der Waals surface area contributed by atoms with E-state index in [0.717, 1.165) is 0 Å². The van der Waals surface area contributed by atoms with E-state index in [-0.39, 0.29) is 37.2 Å². The molecule has 0 aliphatic heterocycles. The van der Waals surface area contributed by atoms with Crippen molar-refractivity contribution in [3.8, 4) is 0 Å². The Morgan fingerprint density at radius 2 is 2.05 bits per heavy atom. The zero-order valence-electron chi connectivity index (χ0n) is 11.5. The Morgan fingerprint density at radius 3 is 2.65 bits per heavy atom. The van der Waals surface area contributed by atoms with Crippen LogP contribution in [0, 0.1) is 0 Å². The van der Waals surface area contributed by atoms with E-state index >= 15 is 0 Å². The zero-order chi connectivity index (χ0) is 15.1. The van der Waals surface area contributed by atoms with Gasteiger partial charge in [-0.25, -0.2) is 0 Å². The third-order valence-corrected chi connectivity index (χ3v) is 2.46. The molecule has 0 spiro atoms. The van der Waals surface area contributed by atoms with Crippen LogP contribution < -0.4 is 10.6 Å². The molecule has 1 rings (SSSR count). The van der Waals surface area contributed by atoms with Crippen LogP contribution in [0.15, 0.2) is 18.3 Å². The molecular formula is C13H19N3O4. The van der Waals surface area contributed by atoms with Gasteiger partial charge in [0.2, 0.25) is 5.91 Å². The van der Waals surface area contributed by atoms with Crippen LogP contribution in [0.25, 0.3) is 0 Å². The first kappa shape index (κ1) is 15.7. The van der Waals surface area contributed by atoms with Crippen molar-refractivity contribution in [1.82, 2.24) is 15.2 Å². The molecule has 0 aliphatic carbocycles. The van der Waals surface area contributed by atoms with Gasteiger partial charge in [-0.3, -0.25) is 14.4 Å². The van der Waals surface area contributed by atoms with Crippen molar-refractivity contribution < 1.29 is 19.5 Å². The van der Waals surface area contributed by atoms with E-state index in [1.54, 1.807) is 6.07 Å². The van der Waals surface area contributed by atoms with E-state index in [9.17, 15) is 14.4 Å². The number of carbonyl (C=O) groups is 3. The van der Waals surface area contributed by atoms with Crippen molar-refractivity contribution in [2.75, 3.05) is 6.54 Å². The molecule has 0 aliphatic rings. The lowest BCUT2D eigenvalue weighted by molar-refractivity contribution is -0.137. The fourth-order valence-electron chi connectivity index (χ4n) is 1.68. The van der Waals surface area contributed by atoms with Gasteiger partial charge in [0, 0.05) is 25.2 Å². The number of hydrogen-bond donors (Lipinski definition) is 3. The molecule has 2 amide bonds. The van der Waals surface area contributed by atoms with Crippen molar-refractivity contribution in [3.05, 3.63) is 24.0 Å². The number of aromatic nitrogens is 1. The van der Waals surface area contributed by atoms with Crippen molar-refractivity contribution in [1.29, 1.82) is 0 Å². The van der Waals surface area contributed by atoms with Gasteiger partial charge in [-0.1, -0.05) is 0 Å². The average Bonchev–Trinajstić information content (AvgIpc) is 2.74. The summed E-state index contributed by atoms with van der Waals surface area (Å²) >= 11 is 0. The summed E-state index contributed by atoms with van der Waals surface area (Å²) < 4.78 is 1.34. The summed E-state index contributed by atoms with van der Waals surface area (Å²) in [5.41, 5.74) is 0.261. The lowest BCUT2D eigenvalue weighted by Crippen LogP contribution is -2.34. The van der Waals surface area contributed by atoms with Crippen LogP contribution in [0.2, 0.25) is 0 Å². The highest BCUT2D eigenvalue weighted by atomic mass is 16.4. The molecule has 0 bridgehead atoms. The Bertz CT molecular complexity index is 494. The molecule has 0 atom stereocenters. The van der Waals surface area contributed by atoms with Gasteiger partial charge < -0.3 is 20.3 Å². The molecule has 1 heterocycles. The van der Waals surface area contributed by atoms with Gasteiger partial charge in [0.1, 0.15) is 12.2 Å². The zero-order valence-corrected chi connectivity index (χ0v) is 11.5. The van der Waals surface area contributed by atoms with E-state index in [2.05, 4.69) is 10.6 Å². The van der Waals surface area contributed by atoms with Gasteiger partial charge in [-0.05, 0) is 26.0 Å². The van der Waals surface area contributed by atoms with Crippen LogP contribution in [0.5, 0.6) is 0 Å². The maximum Gasteiger partial charge on any atom is 0.323 e. The predicted molar refractivity (Wildman–Crippen MR) is 72.3 cm³/mol. The molecule has 0 aromatic carbocycles. The van der Waals surface area contributed by atoms with Gasteiger partial charge in [0.05, 0.1) is 0 Å². The molecule has 0 saturated heterocycles. The smallest absolute Gasteiger partial charge is 0.323 e. The maximum absolute atomic E-state index is 11.9. The first-order valence-corrected chi connectivity index (χ1v) is 6.34. The minimum Gasteiger partial charge on any atom is -0.480 e. The van der Waals surface area contributed by atoms with Crippen molar-refractivity contribution in [3.63, 3.8) is 0 Å². The molecule has 110 valence electrons. The number of carboxylic acid groups (broad SMARTS) is 1. The molecule has 0 radical (unpaired) electrons. The highest BCUT2D eigenvalue weighted by Crippen LogP contribution is 2.02. The normalized spacial score (nSPS) is 10.3. The molecule has 1 aromatic heterocycles. The molecular weight excluding hydrogens is 262 g/mol. The predicted octanol–water partition coefficient (Wildman–Crippen LogP) is 0.217. The lowest BCUT2D eigenvalue weighted by Gasteiger charge is -2.10. The number of amides is 2. The molecule has 7 heteroatoms. The summed E-state index contributed by atoms with van der Waals surface area (Å²) in [6.45, 7) is 3.64. The second kappa shape index (κ2) is 7.32. The lowest BCUT2D eigenvalue weighted by atomic mass is 10.3. The number of nitrogens with zero attached hydrogens (tertiary/aromatic N) is 1. The Labute approximate surface area is 117 Å². The van der Waals surface area contributed by atoms with Crippen LogP contribution in [-0.4, -0.2) is 40.0 Å². The topological polar surface area (TPSA) is 100 Å². The summed E-state index contributed by atoms with van der Waals surface area (Å²) in [5, 5.41) is 14.0. The largest absolute Gasteiger partial charge is 0.480 e. The van der Waals surface area contributed by atoms with Gasteiger partial charge in [0.25, 0.3) is 5.91 Å². The summed E-state index contributed by atoms with van der Waals surface area (Å²) in [4.78, 5) is 33.9. The molecule has 7 nitrogen and oxygen atoms in total. The maximum atomic E-state index is 11.9. The average molecular weight is 281 g/mol. The van der Waals surface area contributed by atoms with Crippen LogP contribution in [0.3, 0.4) is 0 Å². The Hall–Kier alpha value is -2.31. The molecule has 0 unspecified atom stereocenters. The quantitative estimate of drug-likeness (QED) is 0.665. The molecule has 3 N–H and O–H groups in total. The Morgan fingerprint density at radius 1 is 1.35 bits per heavy atom. The summed E-state index contributed by atoms with van der Waals surface area (Å²) in [6.07, 6.45) is 1.71. The van der Waals surface area contributed by atoms with E-state index in [4.69, 9.17) is 5.11 Å². The molecule has 0 fully saturated rings. The molecule has 1 aromatic rings. The standard InChI is InChI=1S/C13H19N3O4/c1-9(2)15-11(17)5-6-14-13(20)10-4-3-7-16(10)8-12(18)19/h3-4,7,9H,5-6,8H2,1-2H3,(H,14,20)(H,15,17)(H,18,19). The first-order chi connectivity index (χ1) is 9.40. The van der Waals surface area contributed by atoms with Crippen molar-refractivity contribution in [2.45, 2.75) is 32.9 Å². The monoisotopic (exact) mass is 281 g/mol. The highest BCUT2D eigenvalue weighted by molar-refractivity contribution is 5.93. The van der Waals surface area contributed by atoms with Crippen LogP contribution in [-0.2, 0) is 16.1 Å². The van der Waals surface area contributed by atoms with Gasteiger partial charge in [0.15, 0.2) is 0 Å². The number of nitrogens with one attached hydrogen (secondary N) is 2. The Kier molecular flexibility index (Phi) is 5.76. The Balaban J connectivity index is 2.45. The summed E-state index contributed by atoms with van der Waals surface area (Å²) in [7, 11) is 0. The minimum atomic E-state index is -1.02. The summed E-state index contributed by atoms with van der Waals surface area (Å²) in [6, 6.07) is 3.20. The minimum absolute atomic E-state index is 0.0611. The number of aliphatic carboxylic acids is 1. The number of carboxylic acids is 1. The highest BCUT2D eigenvalue weighted by Gasteiger charge is 2.12. The van der Waals surface area contributed by atoms with Gasteiger partial charge in [-0.15, -0.1) is 0 Å². The van der Waals surface area contributed by atoms with E-state index in [1.165, 1.54) is 16.8 Å². The van der Waals surface area contributed by atoms with Crippen LogP contribution in [0.1, 0.15) is 30.8 Å². The fraction of sp³-hybridized carbons (Fsp3) is 0.462. The van der Waals surface area contributed by atoms with Gasteiger partial charge in [-0.2, -0.15) is 0 Å². The number of rotatable bonds is 7. The molecule has 0 saturated carbocycles. The third kappa shape index (κ3) is 5.13. The van der Waals surface area contributed by atoms with Crippen molar-refractivity contribution >= 4 is 17.8 Å². The van der Waals surface area contributed by atoms with E-state index in [1.807, 2.05) is 13.8 Å². The van der Waals surface area contributed by atoms with E-state index in [0.29, 0.717) is 0 Å². The SMILES string of the molecule is CC(C)NC(=O)CCNC(=O)c1cccn1CC(=O)O. The van der Waals surface area contributed by atoms with Crippen molar-refractivity contribution in [2.24, 2.45) is 0 Å². The second-order valence-corrected chi connectivity index (χ2v) is 4.64. The second-order valence-electron chi connectivity index (χ2n) is 4.64. The summed E-state index contributed by atoms with van der Waals surface area (Å²) in [5.74, 6) is -1.55. The number of hydrogen-bond acceptors (Lipinski definition) is 3. The first-order valence-electron chi connectivity index (χ1n) is 6.34. The van der Waals surface area contributed by atoms with Crippen LogP contribution >= 0.6 is 0 Å². The fourth-order valence-corrected chi connectivity index (χ4v) is 1.68. The molecule has 20 heavy (non-hydrogen) atoms. The van der Waals surface area contributed by atoms with Gasteiger partial charge >= 0.3 is 5.97 Å². The van der Waals surface area contributed by atoms with Crippen LogP contribution in [0.4, 0.5) is 0 Å². The third-order valence-electron chi connectivity index (χ3n) is 2.46. The van der Waals surface area contributed by atoms with E-state index < -0.39 is 11.9 Å². The number of carbonyl (C=O) groups excluding carboxylic acids is 2.